The van der Waals surface area contributed by atoms with Gasteiger partial charge in [0, 0.05) is 26.7 Å². The first-order valence-corrected chi connectivity index (χ1v) is 8.95. The summed E-state index contributed by atoms with van der Waals surface area (Å²) in [4.78, 5) is 17.5. The quantitative estimate of drug-likeness (QED) is 0.720. The molecule has 0 saturated carbocycles. The second kappa shape index (κ2) is 6.55. The zero-order valence-electron chi connectivity index (χ0n) is 15.4. The van der Waals surface area contributed by atoms with Crippen molar-refractivity contribution < 1.29 is 4.39 Å². The van der Waals surface area contributed by atoms with Crippen molar-refractivity contribution in [1.82, 2.24) is 19.5 Å². The first-order valence-electron chi connectivity index (χ1n) is 8.95. The Balaban J connectivity index is 1.67. The second-order valence-corrected chi connectivity index (χ2v) is 6.80. The summed E-state index contributed by atoms with van der Waals surface area (Å²) in [6, 6.07) is 4.11. The highest BCUT2D eigenvalue weighted by Gasteiger charge is 2.23. The van der Waals surface area contributed by atoms with Gasteiger partial charge in [0.05, 0.1) is 36.5 Å². The lowest BCUT2D eigenvalue weighted by molar-refractivity contribution is 0.364. The number of aromatic nitrogens is 4. The average molecular weight is 354 g/mol. The standard InChI is InChI=1S/C19H23FN6/c1-4-13-7-19(26-6-5-14(20)11-26)22-10-17(13)25(3)18-8-16-15(9-21-18)23-12-24(16)2/h7-10,12,14H,4-6,11H2,1-3H3. The molecular weight excluding hydrogens is 331 g/mol. The normalized spacial score (nSPS) is 17.2. The molecule has 0 aliphatic carbocycles. The fourth-order valence-corrected chi connectivity index (χ4v) is 3.49. The van der Waals surface area contributed by atoms with Crippen molar-refractivity contribution in [3.05, 3.63) is 36.4 Å². The van der Waals surface area contributed by atoms with Crippen LogP contribution in [-0.2, 0) is 13.5 Å². The van der Waals surface area contributed by atoms with Gasteiger partial charge in [-0.3, -0.25) is 0 Å². The van der Waals surface area contributed by atoms with Crippen LogP contribution in [0.25, 0.3) is 11.0 Å². The lowest BCUT2D eigenvalue weighted by Gasteiger charge is -2.23. The van der Waals surface area contributed by atoms with Crippen LogP contribution in [0.1, 0.15) is 18.9 Å². The van der Waals surface area contributed by atoms with Gasteiger partial charge < -0.3 is 14.4 Å². The van der Waals surface area contributed by atoms with E-state index in [9.17, 15) is 4.39 Å². The Hall–Kier alpha value is -2.70. The number of pyridine rings is 2. The van der Waals surface area contributed by atoms with E-state index in [2.05, 4.69) is 27.9 Å². The minimum Gasteiger partial charge on any atom is -0.354 e. The van der Waals surface area contributed by atoms with Crippen LogP contribution < -0.4 is 9.80 Å². The topological polar surface area (TPSA) is 50.1 Å². The summed E-state index contributed by atoms with van der Waals surface area (Å²) < 4.78 is 15.5. The summed E-state index contributed by atoms with van der Waals surface area (Å²) in [5, 5.41) is 0. The van der Waals surface area contributed by atoms with Crippen molar-refractivity contribution in [3.8, 4) is 0 Å². The van der Waals surface area contributed by atoms with Crippen molar-refractivity contribution in [2.75, 3.05) is 29.9 Å². The van der Waals surface area contributed by atoms with Gasteiger partial charge in [-0.05, 0) is 24.5 Å². The maximum absolute atomic E-state index is 13.5. The average Bonchev–Trinajstić information content (AvgIpc) is 3.26. The van der Waals surface area contributed by atoms with Gasteiger partial charge in [0.2, 0.25) is 0 Å². The van der Waals surface area contributed by atoms with Crippen LogP contribution in [0.5, 0.6) is 0 Å². The molecule has 1 saturated heterocycles. The predicted molar refractivity (Wildman–Crippen MR) is 102 cm³/mol. The maximum atomic E-state index is 13.5. The molecule has 1 atom stereocenters. The monoisotopic (exact) mass is 354 g/mol. The van der Waals surface area contributed by atoms with Crippen molar-refractivity contribution in [2.24, 2.45) is 7.05 Å². The Kier molecular flexibility index (Phi) is 4.22. The van der Waals surface area contributed by atoms with E-state index in [4.69, 9.17) is 0 Å². The molecule has 0 N–H and O–H groups in total. The molecule has 1 unspecified atom stereocenters. The minimum absolute atomic E-state index is 0.435. The molecule has 7 heteroatoms. The van der Waals surface area contributed by atoms with Gasteiger partial charge in [0.25, 0.3) is 0 Å². The van der Waals surface area contributed by atoms with Gasteiger partial charge in [0.15, 0.2) is 0 Å². The van der Waals surface area contributed by atoms with E-state index in [-0.39, 0.29) is 0 Å². The molecular formula is C19H23FN6. The van der Waals surface area contributed by atoms with E-state index < -0.39 is 6.17 Å². The summed E-state index contributed by atoms with van der Waals surface area (Å²) in [7, 11) is 3.97. The summed E-state index contributed by atoms with van der Waals surface area (Å²) in [5.74, 6) is 1.70. The zero-order chi connectivity index (χ0) is 18.3. The number of hydrogen-bond acceptors (Lipinski definition) is 5. The Labute approximate surface area is 152 Å². The van der Waals surface area contributed by atoms with E-state index in [1.54, 1.807) is 12.5 Å². The highest BCUT2D eigenvalue weighted by molar-refractivity contribution is 5.79. The van der Waals surface area contributed by atoms with Crippen LogP contribution in [0, 0.1) is 0 Å². The predicted octanol–water partition coefficient (Wildman–Crippen LogP) is 3.24. The van der Waals surface area contributed by atoms with Gasteiger partial charge in [-0.2, -0.15) is 0 Å². The smallest absolute Gasteiger partial charge is 0.134 e. The SMILES string of the molecule is CCc1cc(N2CCC(F)C2)ncc1N(C)c1cc2c(cn1)ncn2C. The molecule has 3 aromatic rings. The zero-order valence-corrected chi connectivity index (χ0v) is 15.4. The van der Waals surface area contributed by atoms with Crippen LogP contribution in [-0.4, -0.2) is 45.8 Å². The van der Waals surface area contributed by atoms with Crippen molar-refractivity contribution in [3.63, 3.8) is 0 Å². The lowest BCUT2D eigenvalue weighted by atomic mass is 10.1. The van der Waals surface area contributed by atoms with Crippen molar-refractivity contribution >= 4 is 28.4 Å². The van der Waals surface area contributed by atoms with Gasteiger partial charge >= 0.3 is 0 Å². The molecule has 1 aliphatic rings. The molecule has 4 rings (SSSR count). The number of halogens is 1. The van der Waals surface area contributed by atoms with Crippen LogP contribution in [0.2, 0.25) is 0 Å². The number of imidazole rings is 1. The van der Waals surface area contributed by atoms with Crippen LogP contribution in [0.4, 0.5) is 21.7 Å². The molecule has 0 radical (unpaired) electrons. The molecule has 0 amide bonds. The summed E-state index contributed by atoms with van der Waals surface area (Å²) >= 11 is 0. The Morgan fingerprint density at radius 2 is 2.08 bits per heavy atom. The van der Waals surface area contributed by atoms with E-state index in [0.29, 0.717) is 13.0 Å². The summed E-state index contributed by atoms with van der Waals surface area (Å²) in [5.41, 5.74) is 4.10. The molecule has 4 heterocycles. The van der Waals surface area contributed by atoms with E-state index >= 15 is 0 Å². The van der Waals surface area contributed by atoms with E-state index in [0.717, 1.165) is 41.3 Å². The molecule has 136 valence electrons. The molecule has 6 nitrogen and oxygen atoms in total. The van der Waals surface area contributed by atoms with E-state index in [1.165, 1.54) is 5.56 Å². The van der Waals surface area contributed by atoms with Crippen LogP contribution in [0.3, 0.4) is 0 Å². The molecule has 3 aromatic heterocycles. The number of aryl methyl sites for hydroxylation is 2. The second-order valence-electron chi connectivity index (χ2n) is 6.80. The number of hydrogen-bond donors (Lipinski definition) is 0. The van der Waals surface area contributed by atoms with Gasteiger partial charge in [-0.15, -0.1) is 0 Å². The number of rotatable bonds is 4. The third-order valence-electron chi connectivity index (χ3n) is 5.09. The van der Waals surface area contributed by atoms with Crippen molar-refractivity contribution in [1.29, 1.82) is 0 Å². The fraction of sp³-hybridized carbons (Fsp3) is 0.421. The maximum Gasteiger partial charge on any atom is 0.134 e. The third-order valence-corrected chi connectivity index (χ3v) is 5.09. The Bertz CT molecular complexity index is 937. The van der Waals surface area contributed by atoms with Crippen LogP contribution >= 0.6 is 0 Å². The van der Waals surface area contributed by atoms with Gasteiger partial charge in [-0.25, -0.2) is 19.3 Å². The Morgan fingerprint density at radius 3 is 2.81 bits per heavy atom. The number of alkyl halides is 1. The first kappa shape index (κ1) is 16.8. The first-order chi connectivity index (χ1) is 12.6. The van der Waals surface area contributed by atoms with Crippen LogP contribution in [0.15, 0.2) is 30.9 Å². The minimum atomic E-state index is -0.751. The molecule has 0 aromatic carbocycles. The molecule has 0 bridgehead atoms. The number of anilines is 3. The van der Waals surface area contributed by atoms with Gasteiger partial charge in [-0.1, -0.05) is 6.92 Å². The highest BCUT2D eigenvalue weighted by atomic mass is 19.1. The Morgan fingerprint density at radius 1 is 1.23 bits per heavy atom. The highest BCUT2D eigenvalue weighted by Crippen LogP contribution is 2.30. The summed E-state index contributed by atoms with van der Waals surface area (Å²) in [6.45, 7) is 3.28. The van der Waals surface area contributed by atoms with E-state index in [1.807, 2.05) is 40.7 Å². The molecule has 0 spiro atoms. The summed E-state index contributed by atoms with van der Waals surface area (Å²) in [6.07, 6.45) is 6.15. The molecule has 1 fully saturated rings. The fourth-order valence-electron chi connectivity index (χ4n) is 3.49. The molecule has 26 heavy (non-hydrogen) atoms. The largest absolute Gasteiger partial charge is 0.354 e. The molecule has 1 aliphatic heterocycles. The van der Waals surface area contributed by atoms with Gasteiger partial charge in [0.1, 0.15) is 23.3 Å². The third kappa shape index (κ3) is 2.87. The number of fused-ring (bicyclic) bond motifs is 1. The van der Waals surface area contributed by atoms with Crippen molar-refractivity contribution in [2.45, 2.75) is 25.9 Å². The lowest BCUT2D eigenvalue weighted by Crippen LogP contribution is -2.22. The number of nitrogens with zero attached hydrogens (tertiary/aromatic N) is 6.